The largest absolute Gasteiger partial charge is 0.340 e. The van der Waals surface area contributed by atoms with Gasteiger partial charge in [0, 0.05) is 23.2 Å². The van der Waals surface area contributed by atoms with Gasteiger partial charge in [-0.05, 0) is 66.9 Å². The van der Waals surface area contributed by atoms with Crippen LogP contribution in [0.25, 0.3) is 0 Å². The molecule has 2 N–H and O–H groups in total. The molecule has 7 nitrogen and oxygen atoms in total. The molecule has 0 saturated heterocycles. The van der Waals surface area contributed by atoms with Gasteiger partial charge >= 0.3 is 0 Å². The second-order valence-corrected chi connectivity index (χ2v) is 8.85. The van der Waals surface area contributed by atoms with Crippen molar-refractivity contribution >= 4 is 29.3 Å². The van der Waals surface area contributed by atoms with Crippen LogP contribution in [0.2, 0.25) is 0 Å². The summed E-state index contributed by atoms with van der Waals surface area (Å²) in [5.74, 6) is -0.225. The summed E-state index contributed by atoms with van der Waals surface area (Å²) >= 11 is 1.49. The van der Waals surface area contributed by atoms with Crippen LogP contribution in [0.15, 0.2) is 64.9 Å². The topological polar surface area (TPSA) is 88.9 Å². The van der Waals surface area contributed by atoms with Gasteiger partial charge in [-0.2, -0.15) is 0 Å². The van der Waals surface area contributed by atoms with Crippen LogP contribution in [0.1, 0.15) is 36.2 Å². The van der Waals surface area contributed by atoms with E-state index >= 15 is 0 Å². The highest BCUT2D eigenvalue weighted by Gasteiger charge is 2.23. The Hall–Kier alpha value is -3.13. The molecule has 2 aromatic carbocycles. The summed E-state index contributed by atoms with van der Waals surface area (Å²) in [6.07, 6.45) is 2.20. The molecular formula is C23H27N5O2S. The smallest absolute Gasteiger partial charge is 0.252 e. The Balaban J connectivity index is 1.66. The fraction of sp³-hybridized carbons (Fsp3) is 0.304. The molecule has 162 valence electrons. The minimum Gasteiger partial charge on any atom is -0.340 e. The van der Waals surface area contributed by atoms with Crippen molar-refractivity contribution in [3.8, 4) is 0 Å². The van der Waals surface area contributed by atoms with Gasteiger partial charge in [-0.15, -0.1) is 10.2 Å². The number of aryl methyl sites for hydroxylation is 2. The summed E-state index contributed by atoms with van der Waals surface area (Å²) in [4.78, 5) is 26.7. The van der Waals surface area contributed by atoms with Gasteiger partial charge in [-0.3, -0.25) is 9.59 Å². The van der Waals surface area contributed by atoms with E-state index in [1.165, 1.54) is 11.8 Å². The Bertz CT molecular complexity index is 1050. The number of amides is 2. The molecule has 31 heavy (non-hydrogen) atoms. The molecular weight excluding hydrogens is 410 g/mol. The Kier molecular flexibility index (Phi) is 7.46. The highest BCUT2D eigenvalue weighted by atomic mass is 32.2. The molecule has 1 heterocycles. The summed E-state index contributed by atoms with van der Waals surface area (Å²) in [5.41, 5.74) is 2.13. The van der Waals surface area contributed by atoms with Gasteiger partial charge < -0.3 is 15.2 Å². The van der Waals surface area contributed by atoms with E-state index in [1.807, 2.05) is 74.9 Å². The first-order valence-corrected chi connectivity index (χ1v) is 10.9. The lowest BCUT2D eigenvalue weighted by Crippen LogP contribution is -2.44. The van der Waals surface area contributed by atoms with Crippen molar-refractivity contribution in [3.63, 3.8) is 0 Å². The maximum Gasteiger partial charge on any atom is 0.252 e. The molecule has 2 amide bonds. The van der Waals surface area contributed by atoms with Gasteiger partial charge in [-0.25, -0.2) is 0 Å². The van der Waals surface area contributed by atoms with Gasteiger partial charge in [0.15, 0.2) is 5.16 Å². The van der Waals surface area contributed by atoms with Crippen molar-refractivity contribution in [2.24, 2.45) is 13.0 Å². The van der Waals surface area contributed by atoms with E-state index in [-0.39, 0.29) is 17.7 Å². The van der Waals surface area contributed by atoms with E-state index in [9.17, 15) is 9.59 Å². The summed E-state index contributed by atoms with van der Waals surface area (Å²) in [6, 6.07) is 14.2. The Labute approximate surface area is 186 Å². The molecule has 0 fully saturated rings. The first kappa shape index (κ1) is 22.6. The summed E-state index contributed by atoms with van der Waals surface area (Å²) in [5, 5.41) is 14.5. The van der Waals surface area contributed by atoms with Crippen molar-refractivity contribution in [1.29, 1.82) is 0 Å². The zero-order valence-electron chi connectivity index (χ0n) is 18.1. The molecule has 0 radical (unpaired) electrons. The van der Waals surface area contributed by atoms with Crippen LogP contribution in [0.3, 0.4) is 0 Å². The van der Waals surface area contributed by atoms with Crippen LogP contribution in [0.4, 0.5) is 5.69 Å². The second kappa shape index (κ2) is 10.3. The molecule has 1 atom stereocenters. The first-order chi connectivity index (χ1) is 14.8. The van der Waals surface area contributed by atoms with Gasteiger partial charge in [0.2, 0.25) is 5.91 Å². The highest BCUT2D eigenvalue weighted by Crippen LogP contribution is 2.26. The number of nitrogens with one attached hydrogen (secondary N) is 2. The minimum atomic E-state index is -0.625. The van der Waals surface area contributed by atoms with E-state index in [1.54, 1.807) is 12.4 Å². The van der Waals surface area contributed by atoms with Crippen LogP contribution >= 0.6 is 11.8 Å². The number of nitrogens with zero attached hydrogens (tertiary/aromatic N) is 3. The lowest BCUT2D eigenvalue weighted by atomic mass is 10.0. The van der Waals surface area contributed by atoms with Crippen molar-refractivity contribution in [2.45, 2.75) is 43.3 Å². The average molecular weight is 438 g/mol. The summed E-state index contributed by atoms with van der Waals surface area (Å²) in [6.45, 7) is 5.93. The van der Waals surface area contributed by atoms with Crippen molar-refractivity contribution in [1.82, 2.24) is 20.1 Å². The van der Waals surface area contributed by atoms with E-state index in [2.05, 4.69) is 20.8 Å². The normalized spacial score (nSPS) is 11.9. The van der Waals surface area contributed by atoms with Crippen molar-refractivity contribution < 1.29 is 9.59 Å². The zero-order valence-corrected chi connectivity index (χ0v) is 18.9. The summed E-state index contributed by atoms with van der Waals surface area (Å²) < 4.78 is 1.84. The van der Waals surface area contributed by atoms with Crippen molar-refractivity contribution in [3.05, 3.63) is 66.0 Å². The third-order valence-corrected chi connectivity index (χ3v) is 5.78. The van der Waals surface area contributed by atoms with Crippen molar-refractivity contribution in [2.75, 3.05) is 5.32 Å². The molecule has 1 aromatic heterocycles. The lowest BCUT2D eigenvalue weighted by molar-refractivity contribution is -0.118. The molecule has 0 bridgehead atoms. The van der Waals surface area contributed by atoms with Crippen LogP contribution in [-0.4, -0.2) is 32.6 Å². The Morgan fingerprint density at radius 2 is 1.81 bits per heavy atom. The molecule has 1 unspecified atom stereocenters. The molecule has 0 spiro atoms. The number of anilines is 1. The van der Waals surface area contributed by atoms with Gasteiger partial charge in [0.1, 0.15) is 12.4 Å². The van der Waals surface area contributed by atoms with Gasteiger partial charge in [0.25, 0.3) is 5.91 Å². The molecule has 3 rings (SSSR count). The Morgan fingerprint density at radius 1 is 1.10 bits per heavy atom. The maximum absolute atomic E-state index is 12.9. The molecule has 0 saturated carbocycles. The number of carbonyl (C=O) groups excluding carboxylic acids is 2. The monoisotopic (exact) mass is 437 g/mol. The van der Waals surface area contributed by atoms with E-state index in [0.717, 1.165) is 15.6 Å². The van der Waals surface area contributed by atoms with Crippen LogP contribution in [0.5, 0.6) is 0 Å². The van der Waals surface area contributed by atoms with Crippen LogP contribution in [-0.2, 0) is 11.8 Å². The van der Waals surface area contributed by atoms with E-state index in [0.29, 0.717) is 17.7 Å². The standard InChI is InChI=1S/C23H27N5O2S/c1-15(2)13-20(26-21(29)19-8-6-5-7-16(19)3)22(30)25-17-9-11-18(12-10-17)31-23-27-24-14-28(23)4/h5-12,14-15,20H,13H2,1-4H3,(H,25,30)(H,26,29). The number of hydrogen-bond donors (Lipinski definition) is 2. The first-order valence-electron chi connectivity index (χ1n) is 10.1. The van der Waals surface area contributed by atoms with Crippen LogP contribution in [0, 0.1) is 12.8 Å². The Morgan fingerprint density at radius 3 is 2.42 bits per heavy atom. The lowest BCUT2D eigenvalue weighted by Gasteiger charge is -2.21. The second-order valence-electron chi connectivity index (χ2n) is 7.81. The molecule has 0 aliphatic rings. The number of benzene rings is 2. The third-order valence-electron chi connectivity index (χ3n) is 4.72. The highest BCUT2D eigenvalue weighted by molar-refractivity contribution is 7.99. The van der Waals surface area contributed by atoms with Gasteiger partial charge in [-0.1, -0.05) is 32.0 Å². The van der Waals surface area contributed by atoms with Gasteiger partial charge in [0.05, 0.1) is 0 Å². The number of aromatic nitrogens is 3. The zero-order chi connectivity index (χ0) is 22.4. The van der Waals surface area contributed by atoms with E-state index < -0.39 is 6.04 Å². The van der Waals surface area contributed by atoms with E-state index in [4.69, 9.17) is 0 Å². The molecule has 3 aromatic rings. The van der Waals surface area contributed by atoms with Crippen LogP contribution < -0.4 is 10.6 Å². The number of hydrogen-bond acceptors (Lipinski definition) is 5. The predicted molar refractivity (Wildman–Crippen MR) is 122 cm³/mol. The maximum atomic E-state index is 12.9. The number of rotatable bonds is 8. The summed E-state index contributed by atoms with van der Waals surface area (Å²) in [7, 11) is 1.89. The fourth-order valence-corrected chi connectivity index (χ4v) is 3.83. The third kappa shape index (κ3) is 6.18. The minimum absolute atomic E-state index is 0.232. The fourth-order valence-electron chi connectivity index (χ4n) is 3.07. The number of carbonyl (C=O) groups is 2. The average Bonchev–Trinajstić information content (AvgIpc) is 3.13. The predicted octanol–water partition coefficient (Wildman–Crippen LogP) is 4.06. The molecule has 0 aliphatic heterocycles. The quantitative estimate of drug-likeness (QED) is 0.555. The molecule has 8 heteroatoms. The molecule has 0 aliphatic carbocycles. The SMILES string of the molecule is Cc1ccccc1C(=O)NC(CC(C)C)C(=O)Nc1ccc(Sc2nncn2C)cc1.